The predicted molar refractivity (Wildman–Crippen MR) is 125 cm³/mol. The SMILES string of the molecule is CCN(CC(=O)Nc1ccc2c(c1)c1ccccc1n2CC)S(=O)(=O)c1ccccc1. The van der Waals surface area contributed by atoms with Gasteiger partial charge in [-0.25, -0.2) is 8.42 Å². The van der Waals surface area contributed by atoms with Crippen molar-refractivity contribution in [2.75, 3.05) is 18.4 Å². The van der Waals surface area contributed by atoms with Gasteiger partial charge in [0.1, 0.15) is 0 Å². The third-order valence-corrected chi connectivity index (χ3v) is 7.36. The molecule has 3 aromatic carbocycles. The second-order valence-electron chi connectivity index (χ2n) is 7.29. The van der Waals surface area contributed by atoms with Crippen LogP contribution in [-0.4, -0.2) is 36.3 Å². The Morgan fingerprint density at radius 3 is 2.29 bits per heavy atom. The van der Waals surface area contributed by atoms with Crippen molar-refractivity contribution in [3.63, 3.8) is 0 Å². The third kappa shape index (κ3) is 3.94. The molecule has 0 aliphatic heterocycles. The van der Waals surface area contributed by atoms with Crippen molar-refractivity contribution in [3.05, 3.63) is 72.8 Å². The van der Waals surface area contributed by atoms with E-state index >= 15 is 0 Å². The summed E-state index contributed by atoms with van der Waals surface area (Å²) in [4.78, 5) is 12.9. The fraction of sp³-hybridized carbons (Fsp3) is 0.208. The quantitative estimate of drug-likeness (QED) is 0.466. The number of carbonyl (C=O) groups excluding carboxylic acids is 1. The first-order valence-corrected chi connectivity index (χ1v) is 11.8. The Bertz CT molecular complexity index is 1340. The van der Waals surface area contributed by atoms with Crippen LogP contribution in [0.3, 0.4) is 0 Å². The van der Waals surface area contributed by atoms with Crippen molar-refractivity contribution >= 4 is 43.4 Å². The number of amides is 1. The highest BCUT2D eigenvalue weighted by Gasteiger charge is 2.25. The first-order chi connectivity index (χ1) is 15.0. The largest absolute Gasteiger partial charge is 0.341 e. The van der Waals surface area contributed by atoms with E-state index in [0.717, 1.165) is 28.4 Å². The predicted octanol–water partition coefficient (Wildman–Crippen LogP) is 4.46. The first-order valence-electron chi connectivity index (χ1n) is 10.3. The van der Waals surface area contributed by atoms with Crippen molar-refractivity contribution in [3.8, 4) is 0 Å². The van der Waals surface area contributed by atoms with Gasteiger partial charge in [0.25, 0.3) is 0 Å². The highest BCUT2D eigenvalue weighted by atomic mass is 32.2. The van der Waals surface area contributed by atoms with Crippen LogP contribution in [0.4, 0.5) is 5.69 Å². The van der Waals surface area contributed by atoms with Crippen LogP contribution in [0.25, 0.3) is 21.8 Å². The van der Waals surface area contributed by atoms with E-state index in [-0.39, 0.29) is 23.9 Å². The molecule has 7 heteroatoms. The van der Waals surface area contributed by atoms with Gasteiger partial charge in [-0.3, -0.25) is 4.79 Å². The fourth-order valence-corrected chi connectivity index (χ4v) is 5.37. The van der Waals surface area contributed by atoms with E-state index in [1.165, 1.54) is 16.4 Å². The molecule has 0 bridgehead atoms. The first kappa shape index (κ1) is 21.1. The van der Waals surface area contributed by atoms with Crippen LogP contribution in [-0.2, 0) is 21.4 Å². The number of benzene rings is 3. The van der Waals surface area contributed by atoms with E-state index in [1.807, 2.05) is 30.3 Å². The number of aryl methyl sites for hydroxylation is 1. The van der Waals surface area contributed by atoms with E-state index in [1.54, 1.807) is 25.1 Å². The number of carbonyl (C=O) groups is 1. The lowest BCUT2D eigenvalue weighted by molar-refractivity contribution is -0.116. The fourth-order valence-electron chi connectivity index (χ4n) is 3.94. The number of nitrogens with zero attached hydrogens (tertiary/aromatic N) is 2. The third-order valence-electron chi connectivity index (χ3n) is 5.43. The van der Waals surface area contributed by atoms with Gasteiger partial charge in [-0.1, -0.05) is 43.3 Å². The van der Waals surface area contributed by atoms with Gasteiger partial charge in [0.05, 0.1) is 11.4 Å². The minimum absolute atomic E-state index is 0.179. The summed E-state index contributed by atoms with van der Waals surface area (Å²) in [6.45, 7) is 4.63. The average molecular weight is 436 g/mol. The van der Waals surface area contributed by atoms with E-state index in [2.05, 4.69) is 28.9 Å². The summed E-state index contributed by atoms with van der Waals surface area (Å²) < 4.78 is 29.1. The maximum absolute atomic E-state index is 12.9. The molecule has 0 unspecified atom stereocenters. The maximum atomic E-state index is 12.9. The number of hydrogen-bond acceptors (Lipinski definition) is 3. The molecule has 0 saturated heterocycles. The van der Waals surface area contributed by atoms with Crippen molar-refractivity contribution in [2.45, 2.75) is 25.3 Å². The molecule has 0 aliphatic carbocycles. The molecule has 4 aromatic rings. The zero-order valence-corrected chi connectivity index (χ0v) is 18.4. The van der Waals surface area contributed by atoms with E-state index in [4.69, 9.17) is 0 Å². The zero-order chi connectivity index (χ0) is 22.0. The lowest BCUT2D eigenvalue weighted by atomic mass is 10.1. The second-order valence-corrected chi connectivity index (χ2v) is 9.22. The molecule has 0 fully saturated rings. The highest BCUT2D eigenvalue weighted by molar-refractivity contribution is 7.89. The monoisotopic (exact) mass is 435 g/mol. The van der Waals surface area contributed by atoms with Crippen molar-refractivity contribution in [1.82, 2.24) is 8.87 Å². The smallest absolute Gasteiger partial charge is 0.243 e. The molecule has 0 saturated carbocycles. The van der Waals surface area contributed by atoms with E-state index < -0.39 is 10.0 Å². The summed E-state index contributed by atoms with van der Waals surface area (Å²) in [5, 5.41) is 5.04. The Morgan fingerprint density at radius 1 is 0.903 bits per heavy atom. The molecule has 160 valence electrons. The molecule has 1 amide bonds. The number of nitrogens with one attached hydrogen (secondary N) is 1. The van der Waals surface area contributed by atoms with Crippen LogP contribution in [0.1, 0.15) is 13.8 Å². The van der Waals surface area contributed by atoms with Gasteiger partial charge in [0.15, 0.2) is 0 Å². The normalized spacial score (nSPS) is 12.0. The van der Waals surface area contributed by atoms with E-state index in [0.29, 0.717) is 5.69 Å². The summed E-state index contributed by atoms with van der Waals surface area (Å²) in [6, 6.07) is 22.1. The van der Waals surface area contributed by atoms with Crippen molar-refractivity contribution < 1.29 is 13.2 Å². The van der Waals surface area contributed by atoms with Crippen LogP contribution >= 0.6 is 0 Å². The Kier molecular flexibility index (Phi) is 5.80. The molecule has 31 heavy (non-hydrogen) atoms. The number of likely N-dealkylation sites (N-methyl/N-ethyl adjacent to an activating group) is 1. The Balaban J connectivity index is 1.59. The Morgan fingerprint density at radius 2 is 1.58 bits per heavy atom. The minimum Gasteiger partial charge on any atom is -0.341 e. The van der Waals surface area contributed by atoms with Crippen LogP contribution in [0, 0.1) is 0 Å². The summed E-state index contributed by atoms with van der Waals surface area (Å²) >= 11 is 0. The van der Waals surface area contributed by atoms with Gasteiger partial charge in [-0.05, 0) is 43.3 Å². The standard InChI is InChI=1S/C24H25N3O3S/c1-3-26(31(29,30)19-10-6-5-7-11-19)17-24(28)25-18-14-15-23-21(16-18)20-12-8-9-13-22(20)27(23)4-2/h5-16H,3-4,17H2,1-2H3,(H,25,28). The number of rotatable bonds is 7. The number of hydrogen-bond donors (Lipinski definition) is 1. The number of aromatic nitrogens is 1. The molecule has 0 aliphatic rings. The van der Waals surface area contributed by atoms with Gasteiger partial charge >= 0.3 is 0 Å². The molecule has 0 spiro atoms. The Hall–Kier alpha value is -3.16. The molecule has 1 N–H and O–H groups in total. The van der Waals surface area contributed by atoms with E-state index in [9.17, 15) is 13.2 Å². The van der Waals surface area contributed by atoms with Gasteiger partial charge in [0.2, 0.25) is 15.9 Å². The highest BCUT2D eigenvalue weighted by Crippen LogP contribution is 2.31. The van der Waals surface area contributed by atoms with Crippen molar-refractivity contribution in [2.24, 2.45) is 0 Å². The van der Waals surface area contributed by atoms with Gasteiger partial charge in [0, 0.05) is 40.6 Å². The molecule has 4 rings (SSSR count). The molecular formula is C24H25N3O3S. The van der Waals surface area contributed by atoms with Crippen LogP contribution in [0.2, 0.25) is 0 Å². The minimum atomic E-state index is -3.73. The molecule has 0 radical (unpaired) electrons. The molecule has 1 aromatic heterocycles. The van der Waals surface area contributed by atoms with Gasteiger partial charge < -0.3 is 9.88 Å². The number of para-hydroxylation sites is 1. The Labute approximate surface area is 182 Å². The summed E-state index contributed by atoms with van der Waals surface area (Å²) in [6.07, 6.45) is 0. The summed E-state index contributed by atoms with van der Waals surface area (Å²) in [5.41, 5.74) is 2.89. The summed E-state index contributed by atoms with van der Waals surface area (Å²) in [5.74, 6) is -0.375. The van der Waals surface area contributed by atoms with Crippen LogP contribution < -0.4 is 5.32 Å². The maximum Gasteiger partial charge on any atom is 0.243 e. The van der Waals surface area contributed by atoms with Gasteiger partial charge in [-0.15, -0.1) is 0 Å². The molecule has 0 atom stereocenters. The zero-order valence-electron chi connectivity index (χ0n) is 17.6. The second kappa shape index (κ2) is 8.53. The van der Waals surface area contributed by atoms with Crippen LogP contribution in [0.5, 0.6) is 0 Å². The topological polar surface area (TPSA) is 71.4 Å². The lowest BCUT2D eigenvalue weighted by Crippen LogP contribution is -2.37. The molecular weight excluding hydrogens is 410 g/mol. The summed E-state index contributed by atoms with van der Waals surface area (Å²) in [7, 11) is -3.73. The number of fused-ring (bicyclic) bond motifs is 3. The lowest BCUT2D eigenvalue weighted by Gasteiger charge is -2.20. The number of sulfonamides is 1. The average Bonchev–Trinajstić information content (AvgIpc) is 3.11. The molecule has 1 heterocycles. The van der Waals surface area contributed by atoms with Crippen molar-refractivity contribution in [1.29, 1.82) is 0 Å². The number of anilines is 1. The van der Waals surface area contributed by atoms with Crippen LogP contribution in [0.15, 0.2) is 77.7 Å². The van der Waals surface area contributed by atoms with Gasteiger partial charge in [-0.2, -0.15) is 4.31 Å². The molecule has 6 nitrogen and oxygen atoms in total.